The molecule has 0 atom stereocenters. The van der Waals surface area contributed by atoms with E-state index in [0.717, 1.165) is 6.42 Å². The van der Waals surface area contributed by atoms with Gasteiger partial charge in [-0.25, -0.2) is 0 Å². The van der Waals surface area contributed by atoms with E-state index in [1.807, 2.05) is 6.26 Å². The van der Waals surface area contributed by atoms with Crippen molar-refractivity contribution in [1.82, 2.24) is 4.72 Å². The van der Waals surface area contributed by atoms with Gasteiger partial charge < -0.3 is 4.72 Å². The Morgan fingerprint density at radius 2 is 1.77 bits per heavy atom. The number of nitrogens with one attached hydrogen (secondary N) is 1. The van der Waals surface area contributed by atoms with Crippen molar-refractivity contribution in [2.24, 2.45) is 0 Å². The molecule has 0 aromatic rings. The molecule has 0 saturated heterocycles. The molecule has 0 rings (SSSR count). The van der Waals surface area contributed by atoms with Crippen LogP contribution in [0.3, 0.4) is 0 Å². The molecule has 78 valence electrons. The maximum atomic E-state index is 11.0. The van der Waals surface area contributed by atoms with Gasteiger partial charge >= 0.3 is 0 Å². The fraction of sp³-hybridized carbons (Fsp3) is 0.900. The molecule has 0 aliphatic rings. The number of carbonyl (C=O) groups is 1. The third-order valence-electron chi connectivity index (χ3n) is 1.97. The van der Waals surface area contributed by atoms with Crippen molar-refractivity contribution in [2.75, 3.05) is 6.26 Å². The Balaban J connectivity index is 3.02. The zero-order valence-electron chi connectivity index (χ0n) is 8.77. The molecule has 0 unspecified atom stereocenters. The summed E-state index contributed by atoms with van der Waals surface area (Å²) in [5, 5.41) is 0. The van der Waals surface area contributed by atoms with Gasteiger partial charge in [0.15, 0.2) is 0 Å². The predicted molar refractivity (Wildman–Crippen MR) is 59.7 cm³/mol. The zero-order valence-corrected chi connectivity index (χ0v) is 9.58. The average Bonchev–Trinajstić information content (AvgIpc) is 2.11. The summed E-state index contributed by atoms with van der Waals surface area (Å²) in [4.78, 5) is 11.0. The molecule has 0 radical (unpaired) electrons. The summed E-state index contributed by atoms with van der Waals surface area (Å²) in [5.74, 6) is 0.169. The minimum absolute atomic E-state index is 0.169. The Labute approximate surface area is 86.0 Å². The Hall–Kier alpha value is -0.180. The van der Waals surface area contributed by atoms with E-state index in [1.54, 1.807) is 0 Å². The smallest absolute Gasteiger partial charge is 0.229 e. The van der Waals surface area contributed by atoms with Gasteiger partial charge in [-0.1, -0.05) is 51.0 Å². The van der Waals surface area contributed by atoms with Crippen molar-refractivity contribution in [2.45, 2.75) is 51.9 Å². The average molecular weight is 203 g/mol. The summed E-state index contributed by atoms with van der Waals surface area (Å²) in [6.45, 7) is 2.21. The lowest BCUT2D eigenvalue weighted by Gasteiger charge is -2.01. The third kappa shape index (κ3) is 9.74. The van der Waals surface area contributed by atoms with Crippen molar-refractivity contribution < 1.29 is 4.79 Å². The summed E-state index contributed by atoms with van der Waals surface area (Å²) in [6, 6.07) is 0. The number of amides is 1. The first-order valence-corrected chi connectivity index (χ1v) is 6.35. The van der Waals surface area contributed by atoms with Gasteiger partial charge in [-0.15, -0.1) is 0 Å². The molecule has 1 N–H and O–H groups in total. The first-order chi connectivity index (χ1) is 6.31. The highest BCUT2D eigenvalue weighted by Gasteiger charge is 1.98. The molecule has 0 aromatic carbocycles. The van der Waals surface area contributed by atoms with Crippen molar-refractivity contribution in [3.05, 3.63) is 0 Å². The van der Waals surface area contributed by atoms with E-state index in [9.17, 15) is 4.79 Å². The highest BCUT2D eigenvalue weighted by atomic mass is 32.2. The van der Waals surface area contributed by atoms with Crippen LogP contribution < -0.4 is 4.72 Å². The lowest BCUT2D eigenvalue weighted by Crippen LogP contribution is -2.14. The number of hydrogen-bond acceptors (Lipinski definition) is 2. The molecule has 3 heteroatoms. The van der Waals surface area contributed by atoms with Crippen LogP contribution in [0.25, 0.3) is 0 Å². The Kier molecular flexibility index (Phi) is 9.77. The molecule has 0 aliphatic carbocycles. The van der Waals surface area contributed by atoms with E-state index in [1.165, 1.54) is 44.1 Å². The van der Waals surface area contributed by atoms with E-state index in [4.69, 9.17) is 0 Å². The van der Waals surface area contributed by atoms with E-state index >= 15 is 0 Å². The standard InChI is InChI=1S/C10H21NOS/c1-3-4-5-6-7-8-9-10(12)11-13-2/h3-9H2,1-2H3,(H,11,12). The van der Waals surface area contributed by atoms with E-state index in [2.05, 4.69) is 11.6 Å². The minimum Gasteiger partial charge on any atom is -0.300 e. The summed E-state index contributed by atoms with van der Waals surface area (Å²) in [6.07, 6.45) is 10.0. The van der Waals surface area contributed by atoms with Gasteiger partial charge in [-0.2, -0.15) is 0 Å². The molecule has 0 aromatic heterocycles. The second-order valence-corrected chi connectivity index (χ2v) is 3.86. The second-order valence-electron chi connectivity index (χ2n) is 3.25. The van der Waals surface area contributed by atoms with Crippen molar-refractivity contribution >= 4 is 17.9 Å². The van der Waals surface area contributed by atoms with Gasteiger partial charge in [0.1, 0.15) is 0 Å². The topological polar surface area (TPSA) is 29.1 Å². The van der Waals surface area contributed by atoms with Crippen LogP contribution in [0.15, 0.2) is 0 Å². The highest BCUT2D eigenvalue weighted by Crippen LogP contribution is 2.06. The van der Waals surface area contributed by atoms with Crippen molar-refractivity contribution in [1.29, 1.82) is 0 Å². The lowest BCUT2D eigenvalue weighted by atomic mass is 10.1. The molecule has 1 amide bonds. The van der Waals surface area contributed by atoms with Gasteiger partial charge in [0, 0.05) is 12.7 Å². The first kappa shape index (κ1) is 12.8. The van der Waals surface area contributed by atoms with Gasteiger partial charge in [-0.05, 0) is 6.42 Å². The zero-order chi connectivity index (χ0) is 9.94. The van der Waals surface area contributed by atoms with E-state index in [0.29, 0.717) is 6.42 Å². The molecule has 0 heterocycles. The Morgan fingerprint density at radius 1 is 1.15 bits per heavy atom. The Morgan fingerprint density at radius 3 is 2.38 bits per heavy atom. The fourth-order valence-corrected chi connectivity index (χ4v) is 1.56. The maximum Gasteiger partial charge on any atom is 0.229 e. The van der Waals surface area contributed by atoms with Crippen LogP contribution in [-0.2, 0) is 4.79 Å². The van der Waals surface area contributed by atoms with Crippen LogP contribution in [0.5, 0.6) is 0 Å². The number of rotatable bonds is 8. The number of hydrogen-bond donors (Lipinski definition) is 1. The fourth-order valence-electron chi connectivity index (χ4n) is 1.23. The molecule has 13 heavy (non-hydrogen) atoms. The molecule has 0 spiro atoms. The van der Waals surface area contributed by atoms with Crippen LogP contribution in [0.1, 0.15) is 51.9 Å². The summed E-state index contributed by atoms with van der Waals surface area (Å²) in [5.41, 5.74) is 0. The molecule has 2 nitrogen and oxygen atoms in total. The Bertz CT molecular complexity index is 128. The molecule has 0 saturated carbocycles. The SMILES string of the molecule is CCCCCCCCC(=O)NSC. The van der Waals surface area contributed by atoms with E-state index in [-0.39, 0.29) is 5.91 Å². The molecular formula is C10H21NOS. The lowest BCUT2D eigenvalue weighted by molar-refractivity contribution is -0.119. The van der Waals surface area contributed by atoms with Gasteiger partial charge in [0.05, 0.1) is 0 Å². The van der Waals surface area contributed by atoms with Crippen LogP contribution >= 0.6 is 11.9 Å². The van der Waals surface area contributed by atoms with Crippen LogP contribution in [0.4, 0.5) is 0 Å². The monoisotopic (exact) mass is 203 g/mol. The minimum atomic E-state index is 0.169. The van der Waals surface area contributed by atoms with E-state index < -0.39 is 0 Å². The maximum absolute atomic E-state index is 11.0. The van der Waals surface area contributed by atoms with Crippen LogP contribution in [-0.4, -0.2) is 12.2 Å². The summed E-state index contributed by atoms with van der Waals surface area (Å²) >= 11 is 1.38. The first-order valence-electron chi connectivity index (χ1n) is 5.13. The van der Waals surface area contributed by atoms with Crippen LogP contribution in [0.2, 0.25) is 0 Å². The molecule has 0 bridgehead atoms. The normalized spacial score (nSPS) is 10.0. The van der Waals surface area contributed by atoms with Crippen LogP contribution in [0, 0.1) is 0 Å². The van der Waals surface area contributed by atoms with Gasteiger partial charge in [0.2, 0.25) is 5.91 Å². The molecule has 0 fully saturated rings. The number of carbonyl (C=O) groups excluding carboxylic acids is 1. The molecule has 0 aliphatic heterocycles. The largest absolute Gasteiger partial charge is 0.300 e. The van der Waals surface area contributed by atoms with Crippen molar-refractivity contribution in [3.63, 3.8) is 0 Å². The third-order valence-corrected chi connectivity index (χ3v) is 2.41. The summed E-state index contributed by atoms with van der Waals surface area (Å²) in [7, 11) is 0. The van der Waals surface area contributed by atoms with Gasteiger partial charge in [-0.3, -0.25) is 4.79 Å². The van der Waals surface area contributed by atoms with Crippen molar-refractivity contribution in [3.8, 4) is 0 Å². The van der Waals surface area contributed by atoms with Gasteiger partial charge in [0.25, 0.3) is 0 Å². The predicted octanol–water partition coefficient (Wildman–Crippen LogP) is 3.13. The summed E-state index contributed by atoms with van der Waals surface area (Å²) < 4.78 is 2.73. The highest BCUT2D eigenvalue weighted by molar-refractivity contribution is 7.97. The number of unbranched alkanes of at least 4 members (excludes halogenated alkanes) is 5. The molecular weight excluding hydrogens is 182 g/mol. The quantitative estimate of drug-likeness (QED) is 0.485. The second kappa shape index (κ2) is 9.90.